The number of thioether (sulfide) groups is 1. The van der Waals surface area contributed by atoms with E-state index in [2.05, 4.69) is 13.8 Å². The van der Waals surface area contributed by atoms with Gasteiger partial charge in [-0.15, -0.1) is 11.8 Å². The quantitative estimate of drug-likeness (QED) is 0.332. The predicted octanol–water partition coefficient (Wildman–Crippen LogP) is 5.32. The van der Waals surface area contributed by atoms with Crippen LogP contribution in [0.25, 0.3) is 0 Å². The van der Waals surface area contributed by atoms with E-state index < -0.39 is 0 Å². The van der Waals surface area contributed by atoms with Crippen molar-refractivity contribution in [1.82, 2.24) is 0 Å². The molecule has 3 heteroatoms. The van der Waals surface area contributed by atoms with Crippen LogP contribution in [0, 0.1) is 0 Å². The van der Waals surface area contributed by atoms with Crippen LogP contribution in [0.3, 0.4) is 0 Å². The van der Waals surface area contributed by atoms with E-state index in [-0.39, 0.29) is 5.97 Å². The first-order valence-electron chi connectivity index (χ1n) is 7.68. The van der Waals surface area contributed by atoms with Crippen molar-refractivity contribution >= 4 is 17.7 Å². The number of unbranched alkanes of at least 4 members (excludes halogenated alkanes) is 4. The molecule has 0 saturated heterocycles. The second kappa shape index (κ2) is 10.8. The molecule has 20 heavy (non-hydrogen) atoms. The van der Waals surface area contributed by atoms with Gasteiger partial charge in [-0.1, -0.05) is 51.7 Å². The molecule has 0 aliphatic heterocycles. The summed E-state index contributed by atoms with van der Waals surface area (Å²) < 4.78 is 5.35. The van der Waals surface area contributed by atoms with Crippen LogP contribution >= 0.6 is 11.8 Å². The molecule has 0 bridgehead atoms. The molecule has 0 radical (unpaired) electrons. The van der Waals surface area contributed by atoms with Crippen molar-refractivity contribution < 1.29 is 9.53 Å². The summed E-state index contributed by atoms with van der Waals surface area (Å²) in [6.45, 7) is 4.87. The third-order valence-corrected chi connectivity index (χ3v) is 4.25. The number of carbonyl (C=O) groups excluding carboxylic acids is 1. The molecule has 0 spiro atoms. The van der Waals surface area contributed by atoms with Gasteiger partial charge >= 0.3 is 5.97 Å². The zero-order valence-corrected chi connectivity index (χ0v) is 13.5. The molecule has 1 aromatic rings. The van der Waals surface area contributed by atoms with Crippen LogP contribution in [0.5, 0.6) is 0 Å². The van der Waals surface area contributed by atoms with Crippen LogP contribution in [0.1, 0.15) is 62.7 Å². The minimum absolute atomic E-state index is 0.181. The van der Waals surface area contributed by atoms with Crippen molar-refractivity contribution in [2.24, 2.45) is 0 Å². The van der Waals surface area contributed by atoms with Gasteiger partial charge in [-0.3, -0.25) is 0 Å². The summed E-state index contributed by atoms with van der Waals surface area (Å²) in [4.78, 5) is 13.1. The van der Waals surface area contributed by atoms with Gasteiger partial charge in [0.1, 0.15) is 0 Å². The Bertz CT molecular complexity index is 390. The van der Waals surface area contributed by atoms with Gasteiger partial charge < -0.3 is 4.74 Å². The highest BCUT2D eigenvalue weighted by molar-refractivity contribution is 7.99. The number of carbonyl (C=O) groups is 1. The van der Waals surface area contributed by atoms with Gasteiger partial charge in [0.15, 0.2) is 0 Å². The zero-order chi connectivity index (χ0) is 14.6. The van der Waals surface area contributed by atoms with E-state index in [9.17, 15) is 4.79 Å². The van der Waals surface area contributed by atoms with E-state index in [4.69, 9.17) is 4.74 Å². The van der Waals surface area contributed by atoms with Crippen molar-refractivity contribution in [3.63, 3.8) is 0 Å². The highest BCUT2D eigenvalue weighted by Crippen LogP contribution is 2.24. The monoisotopic (exact) mass is 294 g/mol. The lowest BCUT2D eigenvalue weighted by atomic mass is 10.2. The Labute approximate surface area is 127 Å². The lowest BCUT2D eigenvalue weighted by molar-refractivity contribution is 0.0494. The van der Waals surface area contributed by atoms with Gasteiger partial charge in [0, 0.05) is 4.90 Å². The van der Waals surface area contributed by atoms with Crippen LogP contribution in [0.4, 0.5) is 0 Å². The van der Waals surface area contributed by atoms with E-state index in [1.165, 1.54) is 19.3 Å². The molecular weight excluding hydrogens is 268 g/mol. The Morgan fingerprint density at radius 2 is 1.75 bits per heavy atom. The minimum atomic E-state index is -0.181. The van der Waals surface area contributed by atoms with E-state index in [0.29, 0.717) is 12.2 Å². The first-order valence-corrected chi connectivity index (χ1v) is 8.67. The Kier molecular flexibility index (Phi) is 9.22. The van der Waals surface area contributed by atoms with Crippen LogP contribution in [0.15, 0.2) is 29.2 Å². The van der Waals surface area contributed by atoms with Crippen LogP contribution in [0.2, 0.25) is 0 Å². The number of hydrogen-bond acceptors (Lipinski definition) is 3. The predicted molar refractivity (Wildman–Crippen MR) is 86.5 cm³/mol. The summed E-state index contributed by atoms with van der Waals surface area (Å²) in [5.41, 5.74) is 0.713. The lowest BCUT2D eigenvalue weighted by Crippen LogP contribution is -2.07. The Hall–Kier alpha value is -0.960. The van der Waals surface area contributed by atoms with Gasteiger partial charge in [0.25, 0.3) is 0 Å². The summed E-state index contributed by atoms with van der Waals surface area (Å²) in [6, 6.07) is 7.76. The molecular formula is C17H26O2S. The van der Waals surface area contributed by atoms with Crippen LogP contribution in [-0.4, -0.2) is 18.3 Å². The van der Waals surface area contributed by atoms with Gasteiger partial charge in [0.2, 0.25) is 0 Å². The highest BCUT2D eigenvalue weighted by atomic mass is 32.2. The Morgan fingerprint density at radius 3 is 2.50 bits per heavy atom. The van der Waals surface area contributed by atoms with Crippen LogP contribution in [-0.2, 0) is 4.74 Å². The van der Waals surface area contributed by atoms with Crippen molar-refractivity contribution in [2.75, 3.05) is 12.4 Å². The standard InChI is InChI=1S/C17H26O2S/c1-3-5-9-13-19-17(18)15-11-7-8-12-16(15)20-14-10-6-4-2/h7-8,11-12H,3-6,9-10,13-14H2,1-2H3. The minimum Gasteiger partial charge on any atom is -0.462 e. The average molecular weight is 294 g/mol. The molecule has 0 amide bonds. The largest absolute Gasteiger partial charge is 0.462 e. The van der Waals surface area contributed by atoms with Crippen LogP contribution < -0.4 is 0 Å². The number of benzene rings is 1. The lowest BCUT2D eigenvalue weighted by Gasteiger charge is -2.09. The van der Waals surface area contributed by atoms with Gasteiger partial charge in [0.05, 0.1) is 12.2 Å². The second-order valence-corrected chi connectivity index (χ2v) is 6.03. The molecule has 0 heterocycles. The van der Waals surface area contributed by atoms with Gasteiger partial charge in [-0.25, -0.2) is 4.79 Å². The zero-order valence-electron chi connectivity index (χ0n) is 12.7. The summed E-state index contributed by atoms with van der Waals surface area (Å²) in [7, 11) is 0. The summed E-state index contributed by atoms with van der Waals surface area (Å²) in [6.07, 6.45) is 6.87. The molecule has 0 saturated carbocycles. The third-order valence-electron chi connectivity index (χ3n) is 3.09. The maximum Gasteiger partial charge on any atom is 0.339 e. The smallest absolute Gasteiger partial charge is 0.339 e. The molecule has 1 rings (SSSR count). The number of hydrogen-bond donors (Lipinski definition) is 0. The fourth-order valence-electron chi connectivity index (χ4n) is 1.89. The topological polar surface area (TPSA) is 26.3 Å². The molecule has 0 unspecified atom stereocenters. The summed E-state index contributed by atoms with van der Waals surface area (Å²) in [5.74, 6) is 0.883. The van der Waals surface area contributed by atoms with E-state index in [1.807, 2.05) is 24.3 Å². The van der Waals surface area contributed by atoms with Gasteiger partial charge in [-0.2, -0.15) is 0 Å². The average Bonchev–Trinajstić information content (AvgIpc) is 2.48. The van der Waals surface area contributed by atoms with Crippen molar-refractivity contribution in [1.29, 1.82) is 0 Å². The Balaban J connectivity index is 2.48. The van der Waals surface area contributed by atoms with E-state index in [0.717, 1.165) is 29.9 Å². The number of ether oxygens (including phenoxy) is 1. The van der Waals surface area contributed by atoms with Crippen molar-refractivity contribution in [3.8, 4) is 0 Å². The maximum atomic E-state index is 12.1. The van der Waals surface area contributed by atoms with Crippen molar-refractivity contribution in [3.05, 3.63) is 29.8 Å². The number of rotatable bonds is 10. The molecule has 1 aromatic carbocycles. The SMILES string of the molecule is CCCCCOC(=O)c1ccccc1SCCCCC. The fourth-order valence-corrected chi connectivity index (χ4v) is 2.94. The molecule has 0 aromatic heterocycles. The Morgan fingerprint density at radius 1 is 1.05 bits per heavy atom. The van der Waals surface area contributed by atoms with Crippen molar-refractivity contribution in [2.45, 2.75) is 57.3 Å². The first kappa shape index (κ1) is 17.1. The van der Waals surface area contributed by atoms with E-state index >= 15 is 0 Å². The fraction of sp³-hybridized carbons (Fsp3) is 0.588. The normalized spacial score (nSPS) is 10.5. The molecule has 0 fully saturated rings. The van der Waals surface area contributed by atoms with Gasteiger partial charge in [-0.05, 0) is 30.7 Å². The third kappa shape index (κ3) is 6.47. The maximum absolute atomic E-state index is 12.1. The second-order valence-electron chi connectivity index (χ2n) is 4.89. The molecule has 2 nitrogen and oxygen atoms in total. The van der Waals surface area contributed by atoms with E-state index in [1.54, 1.807) is 11.8 Å². The molecule has 0 N–H and O–H groups in total. The first-order chi connectivity index (χ1) is 9.79. The summed E-state index contributed by atoms with van der Waals surface area (Å²) in [5, 5.41) is 0. The summed E-state index contributed by atoms with van der Waals surface area (Å²) >= 11 is 1.76. The highest BCUT2D eigenvalue weighted by Gasteiger charge is 2.12. The number of esters is 1. The molecule has 112 valence electrons. The molecule has 0 aliphatic rings. The molecule has 0 aliphatic carbocycles. The molecule has 0 atom stereocenters.